The van der Waals surface area contributed by atoms with Crippen LogP contribution in [-0.4, -0.2) is 11.8 Å². The van der Waals surface area contributed by atoms with Gasteiger partial charge >= 0.3 is 5.97 Å². The van der Waals surface area contributed by atoms with E-state index in [0.717, 1.165) is 10.0 Å². The van der Waals surface area contributed by atoms with E-state index >= 15 is 0 Å². The number of Topliss-reactive ketones (excluding diaryl/α,β-unsaturated/α-hetero) is 1. The number of hydrogen-bond acceptors (Lipinski definition) is 4. The van der Waals surface area contributed by atoms with Crippen LogP contribution in [-0.2, 0) is 0 Å². The van der Waals surface area contributed by atoms with Crippen LogP contribution in [0, 0.1) is 6.92 Å². The Morgan fingerprint density at radius 3 is 2.66 bits per heavy atom. The first kappa shape index (κ1) is 19.4. The van der Waals surface area contributed by atoms with Gasteiger partial charge < -0.3 is 9.47 Å². The number of halogens is 2. The summed E-state index contributed by atoms with van der Waals surface area (Å²) in [6.07, 6.45) is 1.68. The van der Waals surface area contributed by atoms with Crippen molar-refractivity contribution in [3.05, 3.63) is 98.2 Å². The molecule has 29 heavy (non-hydrogen) atoms. The predicted octanol–water partition coefficient (Wildman–Crippen LogP) is 6.25. The Labute approximate surface area is 180 Å². The molecule has 0 fully saturated rings. The molecule has 0 bridgehead atoms. The standard InChI is InChI=1S/C23H14BrClO4/c1-13-9-16(28-23(27)17-7-2-3-8-18(17)25)12-19-21(13)22(26)20(29-19)11-14-5-4-6-15(24)10-14/h2-12H,1H3/b20-11-. The second-order valence-corrected chi connectivity index (χ2v) is 7.80. The summed E-state index contributed by atoms with van der Waals surface area (Å²) < 4.78 is 12.1. The fourth-order valence-electron chi connectivity index (χ4n) is 3.07. The Bertz CT molecular complexity index is 1180. The third-order valence-corrected chi connectivity index (χ3v) is 5.22. The lowest BCUT2D eigenvalue weighted by Gasteiger charge is -2.08. The largest absolute Gasteiger partial charge is 0.452 e. The molecule has 0 amide bonds. The van der Waals surface area contributed by atoms with Crippen LogP contribution in [0.2, 0.25) is 5.02 Å². The molecule has 0 N–H and O–H groups in total. The van der Waals surface area contributed by atoms with Crippen LogP contribution in [0.3, 0.4) is 0 Å². The molecule has 0 spiro atoms. The highest BCUT2D eigenvalue weighted by atomic mass is 79.9. The average Bonchev–Trinajstić information content (AvgIpc) is 2.97. The average molecular weight is 470 g/mol. The highest BCUT2D eigenvalue weighted by molar-refractivity contribution is 9.10. The van der Waals surface area contributed by atoms with Gasteiger partial charge in [-0.2, -0.15) is 0 Å². The van der Waals surface area contributed by atoms with Gasteiger partial charge in [-0.15, -0.1) is 0 Å². The molecule has 3 aromatic rings. The van der Waals surface area contributed by atoms with E-state index in [1.165, 1.54) is 6.07 Å². The van der Waals surface area contributed by atoms with Gasteiger partial charge in [0.2, 0.25) is 5.78 Å². The highest BCUT2D eigenvalue weighted by Gasteiger charge is 2.30. The van der Waals surface area contributed by atoms with Crippen LogP contribution in [0.25, 0.3) is 6.08 Å². The number of benzene rings is 3. The zero-order valence-corrected chi connectivity index (χ0v) is 17.6. The van der Waals surface area contributed by atoms with Gasteiger partial charge in [-0.25, -0.2) is 4.79 Å². The number of ketones is 1. The first-order chi connectivity index (χ1) is 13.9. The van der Waals surface area contributed by atoms with E-state index in [1.807, 2.05) is 24.3 Å². The van der Waals surface area contributed by atoms with E-state index < -0.39 is 5.97 Å². The zero-order valence-electron chi connectivity index (χ0n) is 15.2. The van der Waals surface area contributed by atoms with Crippen molar-refractivity contribution in [1.29, 1.82) is 0 Å². The van der Waals surface area contributed by atoms with Gasteiger partial charge in [0.25, 0.3) is 0 Å². The monoisotopic (exact) mass is 468 g/mol. The van der Waals surface area contributed by atoms with Gasteiger partial charge in [-0.1, -0.05) is 51.8 Å². The van der Waals surface area contributed by atoms with E-state index in [9.17, 15) is 9.59 Å². The summed E-state index contributed by atoms with van der Waals surface area (Å²) in [5, 5.41) is 0.307. The molecule has 1 aliphatic heterocycles. The minimum atomic E-state index is -0.579. The van der Waals surface area contributed by atoms with Crippen LogP contribution in [0.15, 0.2) is 70.9 Å². The maximum atomic E-state index is 12.8. The summed E-state index contributed by atoms with van der Waals surface area (Å²) >= 11 is 9.47. The maximum absolute atomic E-state index is 12.8. The number of hydrogen-bond donors (Lipinski definition) is 0. The zero-order chi connectivity index (χ0) is 20.5. The highest BCUT2D eigenvalue weighted by Crippen LogP contribution is 2.38. The van der Waals surface area contributed by atoms with Crippen LogP contribution in [0.1, 0.15) is 31.8 Å². The Kier molecular flexibility index (Phi) is 5.26. The van der Waals surface area contributed by atoms with E-state index in [2.05, 4.69) is 15.9 Å². The second kappa shape index (κ2) is 7.85. The van der Waals surface area contributed by atoms with Gasteiger partial charge in [0.15, 0.2) is 5.76 Å². The number of carbonyl (C=O) groups is 2. The first-order valence-electron chi connectivity index (χ1n) is 8.73. The number of esters is 1. The normalized spacial score (nSPS) is 13.9. The molecule has 0 aliphatic carbocycles. The Hall–Kier alpha value is -2.89. The van der Waals surface area contributed by atoms with Gasteiger partial charge in [0.05, 0.1) is 16.1 Å². The molecule has 4 nitrogen and oxygen atoms in total. The number of rotatable bonds is 3. The number of fused-ring (bicyclic) bond motifs is 1. The summed E-state index contributed by atoms with van der Waals surface area (Å²) in [4.78, 5) is 25.2. The minimum Gasteiger partial charge on any atom is -0.452 e. The van der Waals surface area contributed by atoms with Gasteiger partial charge in [-0.3, -0.25) is 4.79 Å². The molecule has 4 rings (SSSR count). The Morgan fingerprint density at radius 1 is 1.10 bits per heavy atom. The van der Waals surface area contributed by atoms with Crippen molar-refractivity contribution >= 4 is 45.4 Å². The van der Waals surface area contributed by atoms with Crippen molar-refractivity contribution in [2.45, 2.75) is 6.92 Å². The lowest BCUT2D eigenvalue weighted by atomic mass is 10.0. The van der Waals surface area contributed by atoms with Crippen LogP contribution in [0.4, 0.5) is 0 Å². The van der Waals surface area contributed by atoms with Crippen LogP contribution in [0.5, 0.6) is 11.5 Å². The molecular formula is C23H14BrClO4. The molecule has 0 aromatic heterocycles. The van der Waals surface area contributed by atoms with E-state index in [-0.39, 0.29) is 22.9 Å². The van der Waals surface area contributed by atoms with Crippen molar-refractivity contribution in [2.75, 3.05) is 0 Å². The molecule has 0 radical (unpaired) electrons. The number of aryl methyl sites for hydroxylation is 1. The SMILES string of the molecule is Cc1cc(OC(=O)c2ccccc2Cl)cc2c1C(=O)/C(=C/c1cccc(Br)c1)O2. The summed E-state index contributed by atoms with van der Waals surface area (Å²) in [5.41, 5.74) is 2.22. The summed E-state index contributed by atoms with van der Waals surface area (Å²) in [7, 11) is 0. The molecule has 0 saturated heterocycles. The molecule has 0 atom stereocenters. The lowest BCUT2D eigenvalue weighted by molar-refractivity contribution is 0.0734. The smallest absolute Gasteiger partial charge is 0.345 e. The third kappa shape index (κ3) is 3.97. The fraction of sp³-hybridized carbons (Fsp3) is 0.0435. The molecular weight excluding hydrogens is 456 g/mol. The Morgan fingerprint density at radius 2 is 1.90 bits per heavy atom. The second-order valence-electron chi connectivity index (χ2n) is 6.48. The third-order valence-electron chi connectivity index (χ3n) is 4.39. The number of allylic oxidation sites excluding steroid dienone is 1. The Balaban J connectivity index is 1.63. The quantitative estimate of drug-likeness (QED) is 0.259. The molecule has 6 heteroatoms. The van der Waals surface area contributed by atoms with E-state index in [4.69, 9.17) is 21.1 Å². The van der Waals surface area contributed by atoms with Crippen molar-refractivity contribution < 1.29 is 19.1 Å². The number of ether oxygens (including phenoxy) is 2. The van der Waals surface area contributed by atoms with Crippen molar-refractivity contribution in [3.63, 3.8) is 0 Å². The van der Waals surface area contributed by atoms with Gasteiger partial charge in [-0.05, 0) is 54.5 Å². The van der Waals surface area contributed by atoms with Crippen LogP contribution < -0.4 is 9.47 Å². The maximum Gasteiger partial charge on any atom is 0.345 e. The summed E-state index contributed by atoms with van der Waals surface area (Å²) in [6, 6.07) is 17.4. The summed E-state index contributed by atoms with van der Waals surface area (Å²) in [5.74, 6) is 0.0716. The van der Waals surface area contributed by atoms with Gasteiger partial charge in [0.1, 0.15) is 11.5 Å². The summed E-state index contributed by atoms with van der Waals surface area (Å²) in [6.45, 7) is 1.77. The predicted molar refractivity (Wildman–Crippen MR) is 115 cm³/mol. The fourth-order valence-corrected chi connectivity index (χ4v) is 3.70. The first-order valence-corrected chi connectivity index (χ1v) is 9.90. The molecule has 1 heterocycles. The van der Waals surface area contributed by atoms with Crippen LogP contribution >= 0.6 is 27.5 Å². The van der Waals surface area contributed by atoms with Gasteiger partial charge in [0, 0.05) is 10.5 Å². The van der Waals surface area contributed by atoms with E-state index in [0.29, 0.717) is 21.9 Å². The molecule has 3 aromatic carbocycles. The molecule has 1 aliphatic rings. The molecule has 0 saturated carbocycles. The van der Waals surface area contributed by atoms with E-state index in [1.54, 1.807) is 43.3 Å². The molecule has 0 unspecified atom stereocenters. The molecule has 144 valence electrons. The van der Waals surface area contributed by atoms with Crippen molar-refractivity contribution in [2.24, 2.45) is 0 Å². The lowest BCUT2D eigenvalue weighted by Crippen LogP contribution is -2.09. The van der Waals surface area contributed by atoms with Crippen molar-refractivity contribution in [1.82, 2.24) is 0 Å². The van der Waals surface area contributed by atoms with Crippen molar-refractivity contribution in [3.8, 4) is 11.5 Å². The number of carbonyl (C=O) groups excluding carboxylic acids is 2. The minimum absolute atomic E-state index is 0.207. The topological polar surface area (TPSA) is 52.6 Å².